The van der Waals surface area contributed by atoms with Crippen LogP contribution < -0.4 is 0 Å². The lowest BCUT2D eigenvalue weighted by molar-refractivity contribution is 0.0573. The maximum Gasteiger partial charge on any atom is 0.267 e. The van der Waals surface area contributed by atoms with Crippen LogP contribution in [0.15, 0.2) is 23.0 Å². The van der Waals surface area contributed by atoms with Gasteiger partial charge in [-0.15, -0.1) is 5.10 Å². The number of carbonyl (C=O) groups excluding carboxylic acids is 1. The van der Waals surface area contributed by atoms with Gasteiger partial charge in [-0.2, -0.15) is 4.98 Å². The van der Waals surface area contributed by atoms with E-state index >= 15 is 0 Å². The molecule has 1 aliphatic heterocycles. The number of likely N-dealkylation sites (tertiary alicyclic amines) is 1. The van der Waals surface area contributed by atoms with Crippen LogP contribution in [0.3, 0.4) is 0 Å². The topological polar surface area (TPSA) is 111 Å². The summed E-state index contributed by atoms with van der Waals surface area (Å²) in [5.74, 6) is 1.29. The number of hydrogen-bond donors (Lipinski definition) is 0. The molecule has 3 aromatic rings. The number of amides is 1. The summed E-state index contributed by atoms with van der Waals surface area (Å²) in [6, 6.07) is 1.72. The second kappa shape index (κ2) is 6.63. The molecule has 0 radical (unpaired) electrons. The van der Waals surface area contributed by atoms with Gasteiger partial charge in [-0.05, 0) is 24.0 Å². The molecule has 0 bridgehead atoms. The summed E-state index contributed by atoms with van der Waals surface area (Å²) in [7, 11) is 0. The van der Waals surface area contributed by atoms with E-state index in [0.717, 1.165) is 30.1 Å². The largest absolute Gasteiger partial charge is 0.338 e. The lowest BCUT2D eigenvalue weighted by Crippen LogP contribution is -2.48. The zero-order valence-corrected chi connectivity index (χ0v) is 14.3. The molecule has 3 aromatic heterocycles. The van der Waals surface area contributed by atoms with Crippen molar-refractivity contribution in [3.05, 3.63) is 34.9 Å². The predicted molar refractivity (Wildman–Crippen MR) is 87.9 cm³/mol. The summed E-state index contributed by atoms with van der Waals surface area (Å²) in [6.07, 6.45) is 4.94. The van der Waals surface area contributed by atoms with Gasteiger partial charge in [-0.3, -0.25) is 4.79 Å². The highest BCUT2D eigenvalue weighted by atomic mass is 32.1. The van der Waals surface area contributed by atoms with E-state index in [0.29, 0.717) is 35.5 Å². The molecule has 128 valence electrons. The maximum absolute atomic E-state index is 12.6. The Morgan fingerprint density at radius 3 is 2.88 bits per heavy atom. The van der Waals surface area contributed by atoms with Crippen molar-refractivity contribution in [3.8, 4) is 11.6 Å². The van der Waals surface area contributed by atoms with Gasteiger partial charge in [0, 0.05) is 25.5 Å². The third kappa shape index (κ3) is 3.00. The van der Waals surface area contributed by atoms with Crippen molar-refractivity contribution in [2.24, 2.45) is 0 Å². The molecule has 1 aliphatic rings. The zero-order chi connectivity index (χ0) is 17.2. The van der Waals surface area contributed by atoms with Crippen LogP contribution in [-0.4, -0.2) is 53.6 Å². The second-order valence-corrected chi connectivity index (χ2v) is 6.49. The average molecular weight is 357 g/mol. The maximum atomic E-state index is 12.6. The van der Waals surface area contributed by atoms with E-state index in [4.69, 9.17) is 4.52 Å². The molecule has 0 N–H and O–H groups in total. The molecule has 10 heteroatoms. The molecule has 25 heavy (non-hydrogen) atoms. The normalized spacial score (nSPS) is 14.5. The van der Waals surface area contributed by atoms with E-state index in [-0.39, 0.29) is 11.8 Å². The summed E-state index contributed by atoms with van der Waals surface area (Å²) in [5.41, 5.74) is 0.780. The number of nitrogens with zero attached hydrogens (tertiary/aromatic N) is 7. The molecule has 9 nitrogen and oxygen atoms in total. The number of rotatable bonds is 5. The molecule has 0 saturated carbocycles. The molecule has 0 aromatic carbocycles. The number of aryl methyl sites for hydroxylation is 1. The molecule has 0 spiro atoms. The molecule has 0 unspecified atom stereocenters. The van der Waals surface area contributed by atoms with Crippen LogP contribution in [0.25, 0.3) is 11.6 Å². The van der Waals surface area contributed by atoms with Crippen LogP contribution >= 0.6 is 11.5 Å². The molecule has 4 rings (SSSR count). The molecule has 1 amide bonds. The van der Waals surface area contributed by atoms with Crippen LogP contribution in [0.2, 0.25) is 0 Å². The van der Waals surface area contributed by atoms with Gasteiger partial charge < -0.3 is 9.42 Å². The van der Waals surface area contributed by atoms with Crippen molar-refractivity contribution < 1.29 is 9.32 Å². The van der Waals surface area contributed by atoms with Gasteiger partial charge in [0.05, 0.1) is 11.6 Å². The molecular formula is C15H15N7O2S. The minimum Gasteiger partial charge on any atom is -0.338 e. The van der Waals surface area contributed by atoms with Crippen molar-refractivity contribution in [3.63, 3.8) is 0 Å². The van der Waals surface area contributed by atoms with Crippen molar-refractivity contribution in [1.82, 2.24) is 34.6 Å². The number of carbonyl (C=O) groups is 1. The first-order valence-electron chi connectivity index (χ1n) is 7.97. The van der Waals surface area contributed by atoms with Crippen LogP contribution in [0, 0.1) is 0 Å². The summed E-state index contributed by atoms with van der Waals surface area (Å²) < 4.78 is 9.21. The molecule has 4 heterocycles. The van der Waals surface area contributed by atoms with Gasteiger partial charge in [0.25, 0.3) is 5.91 Å². The van der Waals surface area contributed by atoms with E-state index in [9.17, 15) is 4.79 Å². The van der Waals surface area contributed by atoms with Gasteiger partial charge in [0.2, 0.25) is 17.5 Å². The van der Waals surface area contributed by atoms with Gasteiger partial charge in [-0.1, -0.05) is 23.0 Å². The Balaban J connectivity index is 1.41. The summed E-state index contributed by atoms with van der Waals surface area (Å²) in [5, 5.41) is 7.96. The third-order valence-corrected chi connectivity index (χ3v) is 4.72. The minimum absolute atomic E-state index is 0.0270. The van der Waals surface area contributed by atoms with Crippen LogP contribution in [0.1, 0.15) is 40.5 Å². The fourth-order valence-corrected chi connectivity index (χ4v) is 3.30. The second-order valence-electron chi connectivity index (χ2n) is 5.73. The Hall–Kier alpha value is -2.75. The lowest BCUT2D eigenvalue weighted by atomic mass is 9.99. The van der Waals surface area contributed by atoms with Gasteiger partial charge >= 0.3 is 0 Å². The Morgan fingerprint density at radius 1 is 1.32 bits per heavy atom. The van der Waals surface area contributed by atoms with E-state index < -0.39 is 0 Å². The highest BCUT2D eigenvalue weighted by Crippen LogP contribution is 2.29. The van der Waals surface area contributed by atoms with Crippen molar-refractivity contribution in [2.75, 3.05) is 13.1 Å². The first-order valence-corrected chi connectivity index (χ1v) is 8.75. The third-order valence-electron chi connectivity index (χ3n) is 3.96. The van der Waals surface area contributed by atoms with Crippen LogP contribution in [-0.2, 0) is 6.42 Å². The molecule has 1 fully saturated rings. The van der Waals surface area contributed by atoms with Crippen LogP contribution in [0.5, 0.6) is 0 Å². The molecule has 0 aliphatic carbocycles. The standard InChI is InChI=1S/C15H15N7O2S/c1-2-4-10-11(25-21-19-10)15(23)22-7-9(8-22)14-18-13(20-24-14)12-16-5-3-6-17-12/h3,5-6,9H,2,4,7-8H2,1H3. The van der Waals surface area contributed by atoms with Gasteiger partial charge in [0.1, 0.15) is 4.88 Å². The molecular weight excluding hydrogens is 342 g/mol. The Kier molecular flexibility index (Phi) is 4.18. The highest BCUT2D eigenvalue weighted by Gasteiger charge is 2.37. The van der Waals surface area contributed by atoms with E-state index in [1.54, 1.807) is 23.4 Å². The lowest BCUT2D eigenvalue weighted by Gasteiger charge is -2.36. The monoisotopic (exact) mass is 357 g/mol. The van der Waals surface area contributed by atoms with Crippen molar-refractivity contribution >= 4 is 17.4 Å². The first-order chi connectivity index (χ1) is 12.3. The Morgan fingerprint density at radius 2 is 2.12 bits per heavy atom. The summed E-state index contributed by atoms with van der Waals surface area (Å²) in [6.45, 7) is 3.13. The summed E-state index contributed by atoms with van der Waals surface area (Å²) in [4.78, 5) is 27.5. The Labute approximate surface area is 147 Å². The zero-order valence-electron chi connectivity index (χ0n) is 13.5. The predicted octanol–water partition coefficient (Wildman–Crippen LogP) is 1.57. The highest BCUT2D eigenvalue weighted by molar-refractivity contribution is 7.08. The van der Waals surface area contributed by atoms with Crippen molar-refractivity contribution in [1.29, 1.82) is 0 Å². The van der Waals surface area contributed by atoms with E-state index in [2.05, 4.69) is 36.6 Å². The Bertz CT molecular complexity index is 873. The minimum atomic E-state index is -0.0270. The molecule has 0 atom stereocenters. The smallest absolute Gasteiger partial charge is 0.267 e. The van der Waals surface area contributed by atoms with Gasteiger partial charge in [0.15, 0.2) is 0 Å². The van der Waals surface area contributed by atoms with Crippen LogP contribution in [0.4, 0.5) is 0 Å². The van der Waals surface area contributed by atoms with Crippen molar-refractivity contribution in [2.45, 2.75) is 25.7 Å². The average Bonchev–Trinajstić information content (AvgIpc) is 3.24. The molecule has 1 saturated heterocycles. The van der Waals surface area contributed by atoms with E-state index in [1.165, 1.54) is 0 Å². The fourth-order valence-electron chi connectivity index (χ4n) is 2.62. The number of aromatic nitrogens is 6. The SMILES string of the molecule is CCCc1nnsc1C(=O)N1CC(c2nc(-c3ncccn3)no2)C1. The summed E-state index contributed by atoms with van der Waals surface area (Å²) >= 11 is 1.15. The number of hydrogen-bond acceptors (Lipinski definition) is 9. The first kappa shape index (κ1) is 15.8. The quantitative estimate of drug-likeness (QED) is 0.676. The van der Waals surface area contributed by atoms with E-state index in [1.807, 2.05) is 0 Å². The van der Waals surface area contributed by atoms with Gasteiger partial charge in [-0.25, -0.2) is 9.97 Å². The fraction of sp³-hybridized carbons (Fsp3) is 0.400.